The van der Waals surface area contributed by atoms with E-state index in [1.807, 2.05) is 0 Å². The molecule has 3 unspecified atom stereocenters. The van der Waals surface area contributed by atoms with E-state index in [1.54, 1.807) is 0 Å². The van der Waals surface area contributed by atoms with Gasteiger partial charge in [0, 0.05) is 19.0 Å². The molecule has 0 aromatic rings. The summed E-state index contributed by atoms with van der Waals surface area (Å²) in [7, 11) is 0. The smallest absolute Gasteiger partial charge is 0.225 e. The average molecular weight is 224 g/mol. The maximum atomic E-state index is 12.3. The first-order chi connectivity index (χ1) is 7.70. The fraction of sp³-hybridized carbons (Fsp3) is 0.923. The molecule has 3 nitrogen and oxygen atoms in total. The Bertz CT molecular complexity index is 254. The molecule has 1 saturated carbocycles. The van der Waals surface area contributed by atoms with Crippen molar-refractivity contribution in [2.24, 2.45) is 23.5 Å². The van der Waals surface area contributed by atoms with Crippen molar-refractivity contribution in [3.63, 3.8) is 0 Å². The van der Waals surface area contributed by atoms with Gasteiger partial charge >= 0.3 is 0 Å². The third kappa shape index (κ3) is 2.57. The molecule has 0 bridgehead atoms. The van der Waals surface area contributed by atoms with Crippen LogP contribution < -0.4 is 5.73 Å². The molecule has 1 saturated heterocycles. The van der Waals surface area contributed by atoms with Gasteiger partial charge in [-0.3, -0.25) is 4.79 Å². The van der Waals surface area contributed by atoms with Crippen molar-refractivity contribution in [1.29, 1.82) is 0 Å². The predicted molar refractivity (Wildman–Crippen MR) is 64.9 cm³/mol. The molecule has 2 aliphatic rings. The van der Waals surface area contributed by atoms with Crippen molar-refractivity contribution in [3.05, 3.63) is 0 Å². The van der Waals surface area contributed by atoms with E-state index in [2.05, 4.69) is 11.8 Å². The van der Waals surface area contributed by atoms with E-state index in [9.17, 15) is 4.79 Å². The largest absolute Gasteiger partial charge is 0.342 e. The van der Waals surface area contributed by atoms with E-state index < -0.39 is 0 Å². The summed E-state index contributed by atoms with van der Waals surface area (Å²) < 4.78 is 0. The predicted octanol–water partition coefficient (Wildman–Crippen LogP) is 1.62. The van der Waals surface area contributed by atoms with Crippen molar-refractivity contribution in [2.75, 3.05) is 19.6 Å². The number of hydrogen-bond acceptors (Lipinski definition) is 2. The van der Waals surface area contributed by atoms with Crippen molar-refractivity contribution in [2.45, 2.75) is 39.0 Å². The lowest BCUT2D eigenvalue weighted by Gasteiger charge is -2.30. The van der Waals surface area contributed by atoms with Gasteiger partial charge in [-0.15, -0.1) is 0 Å². The highest BCUT2D eigenvalue weighted by Gasteiger charge is 2.32. The Kier molecular flexibility index (Phi) is 3.85. The van der Waals surface area contributed by atoms with Crippen LogP contribution in [-0.4, -0.2) is 30.4 Å². The van der Waals surface area contributed by atoms with E-state index in [4.69, 9.17) is 5.73 Å². The first kappa shape index (κ1) is 11.9. The van der Waals surface area contributed by atoms with Crippen molar-refractivity contribution < 1.29 is 4.79 Å². The molecule has 3 heteroatoms. The van der Waals surface area contributed by atoms with Gasteiger partial charge in [0.15, 0.2) is 0 Å². The lowest BCUT2D eigenvalue weighted by Crippen LogP contribution is -2.37. The van der Waals surface area contributed by atoms with E-state index in [-0.39, 0.29) is 5.92 Å². The van der Waals surface area contributed by atoms with Gasteiger partial charge < -0.3 is 10.6 Å². The summed E-state index contributed by atoms with van der Waals surface area (Å²) in [5.74, 6) is 1.95. The third-order valence-electron chi connectivity index (χ3n) is 4.20. The number of carbonyl (C=O) groups is 1. The topological polar surface area (TPSA) is 46.3 Å². The Hall–Kier alpha value is -0.570. The van der Waals surface area contributed by atoms with E-state index in [0.29, 0.717) is 17.7 Å². The summed E-state index contributed by atoms with van der Waals surface area (Å²) in [5.41, 5.74) is 5.72. The first-order valence-corrected chi connectivity index (χ1v) is 6.69. The zero-order chi connectivity index (χ0) is 11.5. The zero-order valence-corrected chi connectivity index (χ0v) is 10.3. The van der Waals surface area contributed by atoms with Gasteiger partial charge in [-0.2, -0.15) is 0 Å². The summed E-state index contributed by atoms with van der Waals surface area (Å²) in [6.07, 6.45) is 5.69. The normalized spacial score (nSPS) is 35.4. The number of nitrogens with two attached hydrogens (primary N) is 1. The SMILES string of the molecule is CC1CCN(C(=O)C2CCCC(CN)C2)C1. The van der Waals surface area contributed by atoms with Gasteiger partial charge in [-0.25, -0.2) is 0 Å². The van der Waals surface area contributed by atoms with Gasteiger partial charge in [-0.1, -0.05) is 13.3 Å². The Morgan fingerprint density at radius 1 is 1.38 bits per heavy atom. The molecule has 1 aliphatic carbocycles. The molecule has 16 heavy (non-hydrogen) atoms. The minimum Gasteiger partial charge on any atom is -0.342 e. The van der Waals surface area contributed by atoms with Crippen LogP contribution in [0.2, 0.25) is 0 Å². The monoisotopic (exact) mass is 224 g/mol. The van der Waals surface area contributed by atoms with Gasteiger partial charge in [0.05, 0.1) is 0 Å². The van der Waals surface area contributed by atoms with Gasteiger partial charge in [-0.05, 0) is 44.1 Å². The van der Waals surface area contributed by atoms with E-state index in [0.717, 1.165) is 32.5 Å². The quantitative estimate of drug-likeness (QED) is 0.774. The summed E-state index contributed by atoms with van der Waals surface area (Å²) in [5, 5.41) is 0. The second kappa shape index (κ2) is 5.17. The number of carbonyl (C=O) groups excluding carboxylic acids is 1. The Morgan fingerprint density at radius 2 is 2.19 bits per heavy atom. The molecule has 2 fully saturated rings. The molecule has 2 rings (SSSR count). The number of nitrogens with zero attached hydrogens (tertiary/aromatic N) is 1. The second-order valence-corrected chi connectivity index (χ2v) is 5.64. The minimum atomic E-state index is 0.271. The molecule has 0 radical (unpaired) electrons. The molecule has 92 valence electrons. The molecule has 3 atom stereocenters. The average Bonchev–Trinajstić information content (AvgIpc) is 2.75. The minimum absolute atomic E-state index is 0.271. The lowest BCUT2D eigenvalue weighted by molar-refractivity contribution is -0.136. The Balaban J connectivity index is 1.89. The zero-order valence-electron chi connectivity index (χ0n) is 10.3. The third-order valence-corrected chi connectivity index (χ3v) is 4.20. The fourth-order valence-electron chi connectivity index (χ4n) is 3.12. The Labute approximate surface area is 98.4 Å². The molecule has 2 N–H and O–H groups in total. The van der Waals surface area contributed by atoms with Crippen molar-refractivity contribution in [3.8, 4) is 0 Å². The van der Waals surface area contributed by atoms with E-state index in [1.165, 1.54) is 19.3 Å². The van der Waals surface area contributed by atoms with Crippen LogP contribution in [0.1, 0.15) is 39.0 Å². The van der Waals surface area contributed by atoms with E-state index >= 15 is 0 Å². The van der Waals surface area contributed by atoms with Crippen LogP contribution in [0.3, 0.4) is 0 Å². The van der Waals surface area contributed by atoms with Gasteiger partial charge in [0.2, 0.25) is 5.91 Å². The molecule has 0 aromatic carbocycles. The van der Waals surface area contributed by atoms with Crippen LogP contribution in [0.25, 0.3) is 0 Å². The summed E-state index contributed by atoms with van der Waals surface area (Å²) in [6, 6.07) is 0. The summed E-state index contributed by atoms with van der Waals surface area (Å²) in [6.45, 7) is 4.93. The highest BCUT2D eigenvalue weighted by atomic mass is 16.2. The van der Waals surface area contributed by atoms with Crippen LogP contribution in [0.4, 0.5) is 0 Å². The molecule has 1 amide bonds. The molecule has 1 aliphatic heterocycles. The molecular formula is C13H24N2O. The number of hydrogen-bond donors (Lipinski definition) is 1. The van der Waals surface area contributed by atoms with Gasteiger partial charge in [0.1, 0.15) is 0 Å². The summed E-state index contributed by atoms with van der Waals surface area (Å²) >= 11 is 0. The maximum Gasteiger partial charge on any atom is 0.225 e. The lowest BCUT2D eigenvalue weighted by atomic mass is 9.81. The van der Waals surface area contributed by atoms with Crippen LogP contribution in [0, 0.1) is 17.8 Å². The van der Waals surface area contributed by atoms with Crippen LogP contribution in [0.15, 0.2) is 0 Å². The first-order valence-electron chi connectivity index (χ1n) is 6.69. The highest BCUT2D eigenvalue weighted by molar-refractivity contribution is 5.79. The maximum absolute atomic E-state index is 12.3. The van der Waals surface area contributed by atoms with Crippen LogP contribution >= 0.6 is 0 Å². The number of amides is 1. The molecular weight excluding hydrogens is 200 g/mol. The molecule has 0 aromatic heterocycles. The Morgan fingerprint density at radius 3 is 2.81 bits per heavy atom. The van der Waals surface area contributed by atoms with Gasteiger partial charge in [0.25, 0.3) is 0 Å². The fourth-order valence-corrected chi connectivity index (χ4v) is 3.12. The van der Waals surface area contributed by atoms with Crippen molar-refractivity contribution in [1.82, 2.24) is 4.90 Å². The molecule has 1 heterocycles. The standard InChI is InChI=1S/C13H24N2O/c1-10-5-6-15(9-10)13(16)12-4-2-3-11(7-12)8-14/h10-12H,2-9,14H2,1H3. The second-order valence-electron chi connectivity index (χ2n) is 5.64. The highest BCUT2D eigenvalue weighted by Crippen LogP contribution is 2.31. The number of rotatable bonds is 2. The van der Waals surface area contributed by atoms with Crippen LogP contribution in [-0.2, 0) is 4.79 Å². The van der Waals surface area contributed by atoms with Crippen LogP contribution in [0.5, 0.6) is 0 Å². The number of likely N-dealkylation sites (tertiary alicyclic amines) is 1. The molecule has 0 spiro atoms. The van der Waals surface area contributed by atoms with Crippen molar-refractivity contribution >= 4 is 5.91 Å². The summed E-state index contributed by atoms with van der Waals surface area (Å²) in [4.78, 5) is 14.4.